The minimum absolute atomic E-state index is 0.624. The van der Waals surface area contributed by atoms with Crippen LogP contribution in [0.5, 0.6) is 0 Å². The molecular formula is C13H15N3. The third-order valence-electron chi connectivity index (χ3n) is 3.08. The van der Waals surface area contributed by atoms with E-state index in [1.165, 1.54) is 10.9 Å². The third kappa shape index (κ3) is 1.79. The molecule has 1 aliphatic rings. The highest BCUT2D eigenvalue weighted by Gasteiger charge is 2.15. The zero-order valence-corrected chi connectivity index (χ0v) is 9.11. The van der Waals surface area contributed by atoms with Crippen LogP contribution in [0.3, 0.4) is 0 Å². The van der Waals surface area contributed by atoms with Crippen LogP contribution in [-0.2, 0) is 6.54 Å². The summed E-state index contributed by atoms with van der Waals surface area (Å²) in [6, 6.07) is 11.1. The normalized spacial score (nSPS) is 16.2. The molecule has 2 N–H and O–H groups in total. The quantitative estimate of drug-likeness (QED) is 0.807. The number of benzene rings is 1. The molecule has 0 aliphatic carbocycles. The van der Waals surface area contributed by atoms with Crippen LogP contribution in [0.1, 0.15) is 5.56 Å². The number of nitrogens with zero attached hydrogens (tertiary/aromatic N) is 1. The van der Waals surface area contributed by atoms with E-state index in [0.29, 0.717) is 6.04 Å². The van der Waals surface area contributed by atoms with Gasteiger partial charge in [0.15, 0.2) is 0 Å². The van der Waals surface area contributed by atoms with E-state index in [1.54, 1.807) is 0 Å². The van der Waals surface area contributed by atoms with Crippen molar-refractivity contribution in [3.05, 3.63) is 42.1 Å². The lowest BCUT2D eigenvalue weighted by Crippen LogP contribution is -2.54. The summed E-state index contributed by atoms with van der Waals surface area (Å²) in [6.07, 6.45) is 1.86. The number of hydrogen-bond acceptors (Lipinski definition) is 3. The van der Waals surface area contributed by atoms with Crippen LogP contribution in [0.2, 0.25) is 0 Å². The molecule has 0 spiro atoms. The number of para-hydroxylation sites is 1. The maximum atomic E-state index is 4.45. The molecule has 1 fully saturated rings. The predicted octanol–water partition coefficient (Wildman–Crippen LogP) is 1.30. The molecule has 1 aromatic heterocycles. The second kappa shape index (κ2) is 4.20. The zero-order valence-electron chi connectivity index (χ0n) is 9.11. The van der Waals surface area contributed by atoms with Gasteiger partial charge in [0.2, 0.25) is 0 Å². The van der Waals surface area contributed by atoms with Crippen molar-refractivity contribution in [3.8, 4) is 0 Å². The summed E-state index contributed by atoms with van der Waals surface area (Å²) < 4.78 is 0. The van der Waals surface area contributed by atoms with Crippen molar-refractivity contribution in [2.24, 2.45) is 0 Å². The molecule has 0 unspecified atom stereocenters. The molecular weight excluding hydrogens is 198 g/mol. The Morgan fingerprint density at radius 1 is 1.25 bits per heavy atom. The predicted molar refractivity (Wildman–Crippen MR) is 65.2 cm³/mol. The molecule has 3 heteroatoms. The lowest BCUT2D eigenvalue weighted by Gasteiger charge is -2.28. The van der Waals surface area contributed by atoms with Crippen molar-refractivity contribution in [1.29, 1.82) is 0 Å². The average Bonchev–Trinajstić information content (AvgIpc) is 2.27. The van der Waals surface area contributed by atoms with Crippen molar-refractivity contribution in [1.82, 2.24) is 15.6 Å². The van der Waals surface area contributed by atoms with Gasteiger partial charge in [0.1, 0.15) is 0 Å². The highest BCUT2D eigenvalue weighted by atomic mass is 15.1. The van der Waals surface area contributed by atoms with Crippen molar-refractivity contribution in [2.75, 3.05) is 13.1 Å². The molecule has 3 nitrogen and oxygen atoms in total. The van der Waals surface area contributed by atoms with Crippen molar-refractivity contribution >= 4 is 10.9 Å². The van der Waals surface area contributed by atoms with E-state index in [1.807, 2.05) is 12.3 Å². The standard InChI is InChI=1S/C13H15N3/c1-3-10-5-2-6-15-13(10)11(4-1)7-16-12-8-14-9-12/h1-6,12,14,16H,7-9H2. The fourth-order valence-corrected chi connectivity index (χ4v) is 2.00. The van der Waals surface area contributed by atoms with Gasteiger partial charge in [-0.3, -0.25) is 4.98 Å². The van der Waals surface area contributed by atoms with E-state index in [4.69, 9.17) is 0 Å². The summed E-state index contributed by atoms with van der Waals surface area (Å²) in [5.74, 6) is 0. The van der Waals surface area contributed by atoms with Crippen LogP contribution in [0.4, 0.5) is 0 Å². The molecule has 2 aromatic rings. The molecule has 0 bridgehead atoms. The summed E-state index contributed by atoms with van der Waals surface area (Å²) in [4.78, 5) is 4.45. The summed E-state index contributed by atoms with van der Waals surface area (Å²) in [5.41, 5.74) is 2.40. The Kier molecular flexibility index (Phi) is 2.56. The number of hydrogen-bond donors (Lipinski definition) is 2. The third-order valence-corrected chi connectivity index (χ3v) is 3.08. The van der Waals surface area contributed by atoms with Crippen molar-refractivity contribution in [3.63, 3.8) is 0 Å². The van der Waals surface area contributed by atoms with Crippen LogP contribution >= 0.6 is 0 Å². The van der Waals surface area contributed by atoms with Crippen LogP contribution in [0.15, 0.2) is 36.5 Å². The van der Waals surface area contributed by atoms with Gasteiger partial charge in [-0.2, -0.15) is 0 Å². The molecule has 2 heterocycles. The van der Waals surface area contributed by atoms with Gasteiger partial charge in [-0.15, -0.1) is 0 Å². The van der Waals surface area contributed by atoms with E-state index < -0.39 is 0 Å². The molecule has 82 valence electrons. The zero-order chi connectivity index (χ0) is 10.8. The monoisotopic (exact) mass is 213 g/mol. The van der Waals surface area contributed by atoms with E-state index in [0.717, 1.165) is 25.2 Å². The second-order valence-corrected chi connectivity index (χ2v) is 4.23. The minimum atomic E-state index is 0.624. The summed E-state index contributed by atoms with van der Waals surface area (Å²) in [5, 5.41) is 8.00. The van der Waals surface area contributed by atoms with E-state index >= 15 is 0 Å². The molecule has 1 saturated heterocycles. The first-order valence-corrected chi connectivity index (χ1v) is 5.70. The summed E-state index contributed by atoms with van der Waals surface area (Å²) in [6.45, 7) is 3.07. The van der Waals surface area contributed by atoms with Crippen LogP contribution < -0.4 is 10.6 Å². The Bertz CT molecular complexity index is 486. The highest BCUT2D eigenvalue weighted by molar-refractivity contribution is 5.81. The van der Waals surface area contributed by atoms with Crippen molar-refractivity contribution in [2.45, 2.75) is 12.6 Å². The molecule has 16 heavy (non-hydrogen) atoms. The molecule has 1 aliphatic heterocycles. The molecule has 0 radical (unpaired) electrons. The molecule has 0 atom stereocenters. The number of aromatic nitrogens is 1. The average molecular weight is 213 g/mol. The Hall–Kier alpha value is -1.45. The first-order valence-electron chi connectivity index (χ1n) is 5.70. The Labute approximate surface area is 94.9 Å². The lowest BCUT2D eigenvalue weighted by atomic mass is 10.1. The number of rotatable bonds is 3. The van der Waals surface area contributed by atoms with Gasteiger partial charge in [0.25, 0.3) is 0 Å². The Morgan fingerprint density at radius 3 is 2.94 bits per heavy atom. The fourth-order valence-electron chi connectivity index (χ4n) is 2.00. The highest BCUT2D eigenvalue weighted by Crippen LogP contribution is 2.15. The maximum absolute atomic E-state index is 4.45. The molecule has 1 aromatic carbocycles. The smallest absolute Gasteiger partial charge is 0.0746 e. The Balaban J connectivity index is 1.84. The van der Waals surface area contributed by atoms with Crippen molar-refractivity contribution < 1.29 is 0 Å². The first kappa shape index (κ1) is 9.75. The first-order chi connectivity index (χ1) is 7.93. The topological polar surface area (TPSA) is 37.0 Å². The largest absolute Gasteiger partial charge is 0.314 e. The SMILES string of the molecule is c1cnc2c(CNC3CNC3)cccc2c1. The van der Waals surface area contributed by atoms with E-state index in [2.05, 4.69) is 39.9 Å². The van der Waals surface area contributed by atoms with Gasteiger partial charge >= 0.3 is 0 Å². The molecule has 3 rings (SSSR count). The summed E-state index contributed by atoms with van der Waals surface area (Å²) >= 11 is 0. The van der Waals surface area contributed by atoms with Crippen LogP contribution in [-0.4, -0.2) is 24.1 Å². The minimum Gasteiger partial charge on any atom is -0.314 e. The fraction of sp³-hybridized carbons (Fsp3) is 0.308. The molecule has 0 saturated carbocycles. The van der Waals surface area contributed by atoms with Gasteiger partial charge in [0.05, 0.1) is 5.52 Å². The van der Waals surface area contributed by atoms with Gasteiger partial charge in [-0.1, -0.05) is 24.3 Å². The van der Waals surface area contributed by atoms with Gasteiger partial charge in [-0.05, 0) is 11.6 Å². The van der Waals surface area contributed by atoms with Gasteiger partial charge in [-0.25, -0.2) is 0 Å². The Morgan fingerprint density at radius 2 is 2.12 bits per heavy atom. The van der Waals surface area contributed by atoms with E-state index in [9.17, 15) is 0 Å². The lowest BCUT2D eigenvalue weighted by molar-refractivity contribution is 0.366. The van der Waals surface area contributed by atoms with E-state index in [-0.39, 0.29) is 0 Å². The second-order valence-electron chi connectivity index (χ2n) is 4.23. The molecule has 0 amide bonds. The summed E-state index contributed by atoms with van der Waals surface area (Å²) in [7, 11) is 0. The number of fused-ring (bicyclic) bond motifs is 1. The number of nitrogens with one attached hydrogen (secondary N) is 2. The van der Waals surface area contributed by atoms with Gasteiger partial charge in [0, 0.05) is 37.3 Å². The number of pyridine rings is 1. The maximum Gasteiger partial charge on any atom is 0.0746 e. The van der Waals surface area contributed by atoms with Crippen LogP contribution in [0, 0.1) is 0 Å². The van der Waals surface area contributed by atoms with Gasteiger partial charge < -0.3 is 10.6 Å². The van der Waals surface area contributed by atoms with Crippen LogP contribution in [0.25, 0.3) is 10.9 Å².